The van der Waals surface area contributed by atoms with E-state index in [1.54, 1.807) is 11.9 Å². The SMILES string of the molecule is CN(Cc1ccc(Br)cc1)C(=O)CN1C(=O)[C@@H]2CC=CC[C@H]2C1=O. The van der Waals surface area contributed by atoms with Crippen molar-refractivity contribution in [2.75, 3.05) is 13.6 Å². The van der Waals surface area contributed by atoms with Gasteiger partial charge in [-0.25, -0.2) is 0 Å². The van der Waals surface area contributed by atoms with Gasteiger partial charge in [-0.1, -0.05) is 40.2 Å². The van der Waals surface area contributed by atoms with Crippen molar-refractivity contribution >= 4 is 33.7 Å². The minimum Gasteiger partial charge on any atom is -0.340 e. The highest BCUT2D eigenvalue weighted by molar-refractivity contribution is 9.10. The molecule has 3 amide bonds. The van der Waals surface area contributed by atoms with Crippen LogP contribution in [0.3, 0.4) is 0 Å². The summed E-state index contributed by atoms with van der Waals surface area (Å²) in [7, 11) is 1.68. The summed E-state index contributed by atoms with van der Waals surface area (Å²) in [4.78, 5) is 39.9. The zero-order valence-electron chi connectivity index (χ0n) is 13.4. The number of carbonyl (C=O) groups is 3. The van der Waals surface area contributed by atoms with Gasteiger partial charge in [0.1, 0.15) is 6.54 Å². The van der Waals surface area contributed by atoms with Crippen molar-refractivity contribution in [3.05, 3.63) is 46.5 Å². The molecule has 24 heavy (non-hydrogen) atoms. The number of hydrogen-bond acceptors (Lipinski definition) is 3. The van der Waals surface area contributed by atoms with Crippen molar-refractivity contribution in [3.63, 3.8) is 0 Å². The molecule has 6 heteroatoms. The van der Waals surface area contributed by atoms with Crippen LogP contribution in [0.2, 0.25) is 0 Å². The van der Waals surface area contributed by atoms with Gasteiger partial charge in [-0.3, -0.25) is 19.3 Å². The van der Waals surface area contributed by atoms with Gasteiger partial charge in [0.25, 0.3) is 0 Å². The second kappa shape index (κ2) is 6.89. The number of amides is 3. The van der Waals surface area contributed by atoms with Crippen LogP contribution in [0.1, 0.15) is 18.4 Å². The molecule has 5 nitrogen and oxygen atoms in total. The lowest BCUT2D eigenvalue weighted by atomic mass is 9.85. The third-order valence-electron chi connectivity index (χ3n) is 4.65. The summed E-state index contributed by atoms with van der Waals surface area (Å²) in [5.41, 5.74) is 0.992. The summed E-state index contributed by atoms with van der Waals surface area (Å²) in [6.07, 6.45) is 5.07. The number of rotatable bonds is 4. The maximum absolute atomic E-state index is 12.4. The second-order valence-corrected chi connectivity index (χ2v) is 7.21. The lowest BCUT2D eigenvalue weighted by Crippen LogP contribution is -2.41. The minimum absolute atomic E-state index is 0.169. The largest absolute Gasteiger partial charge is 0.340 e. The summed E-state index contributed by atoms with van der Waals surface area (Å²) >= 11 is 3.37. The molecule has 3 rings (SSSR count). The molecule has 1 aromatic rings. The van der Waals surface area contributed by atoms with Crippen molar-refractivity contribution in [3.8, 4) is 0 Å². The fourth-order valence-electron chi connectivity index (χ4n) is 3.23. The van der Waals surface area contributed by atoms with Crippen LogP contribution in [-0.2, 0) is 20.9 Å². The molecule has 0 bridgehead atoms. The number of allylic oxidation sites excluding steroid dienone is 2. The molecule has 2 aliphatic rings. The van der Waals surface area contributed by atoms with Crippen LogP contribution >= 0.6 is 15.9 Å². The predicted molar refractivity (Wildman–Crippen MR) is 92.7 cm³/mol. The molecule has 0 N–H and O–H groups in total. The molecule has 126 valence electrons. The first-order valence-electron chi connectivity index (χ1n) is 7.96. The lowest BCUT2D eigenvalue weighted by molar-refractivity contribution is -0.146. The van der Waals surface area contributed by atoms with E-state index >= 15 is 0 Å². The first-order chi connectivity index (χ1) is 11.5. The quantitative estimate of drug-likeness (QED) is 0.585. The molecule has 1 fully saturated rings. The molecule has 0 unspecified atom stereocenters. The Hall–Kier alpha value is -1.95. The smallest absolute Gasteiger partial charge is 0.242 e. The number of likely N-dealkylation sites (tertiary alicyclic amines) is 1. The van der Waals surface area contributed by atoms with E-state index in [0.717, 1.165) is 14.9 Å². The number of halogens is 1. The van der Waals surface area contributed by atoms with Crippen LogP contribution in [0.5, 0.6) is 0 Å². The van der Waals surface area contributed by atoms with Crippen molar-refractivity contribution in [2.45, 2.75) is 19.4 Å². The van der Waals surface area contributed by atoms with E-state index in [1.165, 1.54) is 0 Å². The van der Waals surface area contributed by atoms with Crippen LogP contribution < -0.4 is 0 Å². The minimum atomic E-state index is -0.285. The van der Waals surface area contributed by atoms with Gasteiger partial charge >= 0.3 is 0 Å². The van der Waals surface area contributed by atoms with Gasteiger partial charge in [-0.2, -0.15) is 0 Å². The van der Waals surface area contributed by atoms with E-state index in [2.05, 4.69) is 15.9 Å². The summed E-state index contributed by atoms with van der Waals surface area (Å²) in [6, 6.07) is 7.69. The Morgan fingerprint density at radius 3 is 2.21 bits per heavy atom. The molecule has 0 spiro atoms. The lowest BCUT2D eigenvalue weighted by Gasteiger charge is -2.21. The fourth-order valence-corrected chi connectivity index (χ4v) is 3.50. The second-order valence-electron chi connectivity index (χ2n) is 6.29. The number of nitrogens with zero attached hydrogens (tertiary/aromatic N) is 2. The zero-order valence-corrected chi connectivity index (χ0v) is 15.0. The molecular weight excluding hydrogens is 372 g/mol. The number of benzene rings is 1. The Morgan fingerprint density at radius 1 is 1.12 bits per heavy atom. The Balaban J connectivity index is 1.63. The Kier molecular flexibility index (Phi) is 4.85. The van der Waals surface area contributed by atoms with E-state index in [4.69, 9.17) is 0 Å². The first-order valence-corrected chi connectivity index (χ1v) is 8.75. The van der Waals surface area contributed by atoms with Crippen LogP contribution in [-0.4, -0.2) is 41.1 Å². The van der Waals surface area contributed by atoms with E-state index in [1.807, 2.05) is 36.4 Å². The number of imide groups is 1. The third kappa shape index (κ3) is 3.29. The summed E-state index contributed by atoms with van der Waals surface area (Å²) in [5.74, 6) is -1.22. The number of hydrogen-bond donors (Lipinski definition) is 0. The fraction of sp³-hybridized carbons (Fsp3) is 0.389. The van der Waals surface area contributed by atoms with Gasteiger partial charge in [0.2, 0.25) is 17.7 Å². The summed E-state index contributed by atoms with van der Waals surface area (Å²) in [5, 5.41) is 0. The standard InChI is InChI=1S/C18H19BrN2O3/c1-20(10-12-6-8-13(19)9-7-12)16(22)11-21-17(23)14-4-2-3-5-15(14)18(21)24/h2-3,6-9,14-15H,4-5,10-11H2,1H3/t14-,15-/m1/s1. The van der Waals surface area contributed by atoms with Crippen molar-refractivity contribution in [2.24, 2.45) is 11.8 Å². The Labute approximate surface area is 149 Å². The molecular formula is C18H19BrN2O3. The molecule has 1 heterocycles. The van der Waals surface area contributed by atoms with Crippen LogP contribution in [0.25, 0.3) is 0 Å². The van der Waals surface area contributed by atoms with Crippen molar-refractivity contribution < 1.29 is 14.4 Å². The van der Waals surface area contributed by atoms with Gasteiger partial charge in [0.05, 0.1) is 11.8 Å². The van der Waals surface area contributed by atoms with Crippen molar-refractivity contribution in [1.29, 1.82) is 0 Å². The first kappa shape index (κ1) is 16.9. The molecule has 0 saturated carbocycles. The van der Waals surface area contributed by atoms with E-state index in [-0.39, 0.29) is 36.1 Å². The van der Waals surface area contributed by atoms with Gasteiger partial charge in [-0.05, 0) is 30.5 Å². The number of likely N-dealkylation sites (N-methyl/N-ethyl adjacent to an activating group) is 1. The normalized spacial score (nSPS) is 22.7. The van der Waals surface area contributed by atoms with Crippen LogP contribution in [0.4, 0.5) is 0 Å². The Morgan fingerprint density at radius 2 is 1.67 bits per heavy atom. The van der Waals surface area contributed by atoms with Gasteiger partial charge < -0.3 is 4.90 Å². The molecule has 0 radical (unpaired) electrons. The van der Waals surface area contributed by atoms with Crippen molar-refractivity contribution in [1.82, 2.24) is 9.80 Å². The molecule has 1 aromatic carbocycles. The van der Waals surface area contributed by atoms with Crippen LogP contribution in [0.15, 0.2) is 40.9 Å². The van der Waals surface area contributed by atoms with E-state index < -0.39 is 0 Å². The highest BCUT2D eigenvalue weighted by Crippen LogP contribution is 2.34. The zero-order chi connectivity index (χ0) is 17.3. The Bertz CT molecular complexity index is 673. The summed E-state index contributed by atoms with van der Waals surface area (Å²) < 4.78 is 0.977. The molecule has 1 saturated heterocycles. The van der Waals surface area contributed by atoms with Gasteiger partial charge in [-0.15, -0.1) is 0 Å². The third-order valence-corrected chi connectivity index (χ3v) is 5.18. The predicted octanol–water partition coefficient (Wildman–Crippen LogP) is 2.36. The topological polar surface area (TPSA) is 57.7 Å². The molecule has 2 atom stereocenters. The summed E-state index contributed by atoms with van der Waals surface area (Å²) in [6.45, 7) is 0.272. The number of fused-ring (bicyclic) bond motifs is 1. The molecule has 0 aromatic heterocycles. The monoisotopic (exact) mass is 390 g/mol. The maximum atomic E-state index is 12.4. The number of carbonyl (C=O) groups excluding carboxylic acids is 3. The average Bonchev–Trinajstić information content (AvgIpc) is 2.82. The van der Waals surface area contributed by atoms with Gasteiger partial charge in [0, 0.05) is 18.1 Å². The van der Waals surface area contributed by atoms with Gasteiger partial charge in [0.15, 0.2) is 0 Å². The molecule has 1 aliphatic heterocycles. The highest BCUT2D eigenvalue weighted by Gasteiger charge is 2.47. The highest BCUT2D eigenvalue weighted by atomic mass is 79.9. The average molecular weight is 391 g/mol. The van der Waals surface area contributed by atoms with E-state index in [9.17, 15) is 14.4 Å². The van der Waals surface area contributed by atoms with Crippen LogP contribution in [0, 0.1) is 11.8 Å². The molecule has 1 aliphatic carbocycles. The van der Waals surface area contributed by atoms with E-state index in [0.29, 0.717) is 19.4 Å². The maximum Gasteiger partial charge on any atom is 0.242 e.